The van der Waals surface area contributed by atoms with Crippen LogP contribution in [0.2, 0.25) is 5.02 Å². The van der Waals surface area contributed by atoms with Crippen LogP contribution in [-0.4, -0.2) is 18.9 Å². The van der Waals surface area contributed by atoms with Gasteiger partial charge in [-0.2, -0.15) is 0 Å². The van der Waals surface area contributed by atoms with Crippen LogP contribution in [0.4, 0.5) is 5.69 Å². The standard InChI is InChI=1S/C24H21ClN2O3/c1-16-7-9-17(10-8-16)23(28)27-22(15-18-5-3-4-6-21(18)25)24(29)26-19-11-13-20(30-2)14-12-19/h3-15H,1-2H3,(H,26,29)(H,27,28)/b22-15+. The Morgan fingerprint density at radius 3 is 2.23 bits per heavy atom. The molecule has 0 unspecified atom stereocenters. The third-order valence-electron chi connectivity index (χ3n) is 4.36. The van der Waals surface area contributed by atoms with Crippen molar-refractivity contribution in [3.63, 3.8) is 0 Å². The summed E-state index contributed by atoms with van der Waals surface area (Å²) in [7, 11) is 1.57. The van der Waals surface area contributed by atoms with Crippen molar-refractivity contribution in [2.75, 3.05) is 12.4 Å². The second-order valence-electron chi connectivity index (χ2n) is 6.58. The van der Waals surface area contributed by atoms with Crippen molar-refractivity contribution in [3.05, 3.63) is 100 Å². The highest BCUT2D eigenvalue weighted by molar-refractivity contribution is 6.32. The smallest absolute Gasteiger partial charge is 0.272 e. The van der Waals surface area contributed by atoms with Gasteiger partial charge in [0, 0.05) is 16.3 Å². The Labute approximate surface area is 180 Å². The van der Waals surface area contributed by atoms with Crippen molar-refractivity contribution in [1.82, 2.24) is 5.32 Å². The van der Waals surface area contributed by atoms with Crippen LogP contribution in [0.25, 0.3) is 6.08 Å². The fourth-order valence-corrected chi connectivity index (χ4v) is 2.87. The van der Waals surface area contributed by atoms with Crippen molar-refractivity contribution >= 4 is 35.2 Å². The molecule has 30 heavy (non-hydrogen) atoms. The molecule has 0 aliphatic heterocycles. The number of hydrogen-bond donors (Lipinski definition) is 2. The molecule has 0 saturated heterocycles. The van der Waals surface area contributed by atoms with Gasteiger partial charge < -0.3 is 15.4 Å². The molecule has 0 radical (unpaired) electrons. The second-order valence-corrected chi connectivity index (χ2v) is 6.99. The highest BCUT2D eigenvalue weighted by Crippen LogP contribution is 2.20. The lowest BCUT2D eigenvalue weighted by Gasteiger charge is -2.12. The van der Waals surface area contributed by atoms with Crippen molar-refractivity contribution in [2.24, 2.45) is 0 Å². The first-order valence-corrected chi connectivity index (χ1v) is 9.64. The van der Waals surface area contributed by atoms with Crippen molar-refractivity contribution in [1.29, 1.82) is 0 Å². The number of amides is 2. The molecular weight excluding hydrogens is 400 g/mol. The zero-order valence-corrected chi connectivity index (χ0v) is 17.4. The lowest BCUT2D eigenvalue weighted by atomic mass is 10.1. The minimum absolute atomic E-state index is 0.0736. The Bertz CT molecular complexity index is 1070. The van der Waals surface area contributed by atoms with E-state index in [2.05, 4.69) is 10.6 Å². The lowest BCUT2D eigenvalue weighted by molar-refractivity contribution is -0.113. The van der Waals surface area contributed by atoms with Gasteiger partial charge in [-0.3, -0.25) is 9.59 Å². The maximum absolute atomic E-state index is 12.9. The molecule has 0 fully saturated rings. The number of carbonyl (C=O) groups is 2. The fourth-order valence-electron chi connectivity index (χ4n) is 2.68. The van der Waals surface area contributed by atoms with E-state index in [1.54, 1.807) is 73.8 Å². The summed E-state index contributed by atoms with van der Waals surface area (Å²) in [5.74, 6) is -0.189. The van der Waals surface area contributed by atoms with E-state index in [0.29, 0.717) is 27.6 Å². The average Bonchev–Trinajstić information content (AvgIpc) is 2.75. The number of aryl methyl sites for hydroxylation is 1. The Morgan fingerprint density at radius 2 is 1.60 bits per heavy atom. The predicted octanol–water partition coefficient (Wildman–Crippen LogP) is 5.07. The van der Waals surface area contributed by atoms with Gasteiger partial charge in [0.2, 0.25) is 0 Å². The molecule has 0 heterocycles. The summed E-state index contributed by atoms with van der Waals surface area (Å²) in [6.45, 7) is 1.94. The first kappa shape index (κ1) is 21.1. The van der Waals surface area contributed by atoms with Gasteiger partial charge in [0.15, 0.2) is 0 Å². The molecule has 0 saturated carbocycles. The fraction of sp³-hybridized carbons (Fsp3) is 0.0833. The quantitative estimate of drug-likeness (QED) is 0.547. The van der Waals surface area contributed by atoms with Gasteiger partial charge in [-0.25, -0.2) is 0 Å². The predicted molar refractivity (Wildman–Crippen MR) is 120 cm³/mol. The minimum Gasteiger partial charge on any atom is -0.497 e. The zero-order valence-electron chi connectivity index (χ0n) is 16.6. The van der Waals surface area contributed by atoms with Crippen molar-refractivity contribution < 1.29 is 14.3 Å². The molecule has 3 aromatic rings. The summed E-state index contributed by atoms with van der Waals surface area (Å²) in [6, 6.07) is 21.1. The molecule has 0 aliphatic carbocycles. The summed E-state index contributed by atoms with van der Waals surface area (Å²) in [4.78, 5) is 25.6. The van der Waals surface area contributed by atoms with E-state index >= 15 is 0 Å². The van der Waals surface area contributed by atoms with Gasteiger partial charge in [-0.1, -0.05) is 47.5 Å². The number of rotatable bonds is 6. The molecular formula is C24H21ClN2O3. The zero-order chi connectivity index (χ0) is 21.5. The number of carbonyl (C=O) groups excluding carboxylic acids is 2. The third kappa shape index (κ3) is 5.49. The molecule has 0 aliphatic rings. The number of methoxy groups -OCH3 is 1. The van der Waals surface area contributed by atoms with Gasteiger partial charge in [0.1, 0.15) is 11.4 Å². The minimum atomic E-state index is -0.472. The van der Waals surface area contributed by atoms with Crippen molar-refractivity contribution in [2.45, 2.75) is 6.92 Å². The number of ether oxygens (including phenoxy) is 1. The maximum Gasteiger partial charge on any atom is 0.272 e. The van der Waals surface area contributed by atoms with Crippen LogP contribution in [0, 0.1) is 6.92 Å². The molecule has 0 aromatic heterocycles. The normalized spacial score (nSPS) is 11.0. The molecule has 3 rings (SSSR count). The largest absolute Gasteiger partial charge is 0.497 e. The molecule has 6 heteroatoms. The number of halogens is 1. The Morgan fingerprint density at radius 1 is 0.933 bits per heavy atom. The molecule has 2 amide bonds. The van der Waals surface area contributed by atoms with E-state index < -0.39 is 11.8 Å². The highest BCUT2D eigenvalue weighted by Gasteiger charge is 2.16. The number of hydrogen-bond acceptors (Lipinski definition) is 3. The van der Waals surface area contributed by atoms with Gasteiger partial charge in [0.25, 0.3) is 11.8 Å². The summed E-state index contributed by atoms with van der Waals surface area (Å²) >= 11 is 6.23. The Kier molecular flexibility index (Phi) is 6.88. The van der Waals surface area contributed by atoms with Gasteiger partial charge in [-0.15, -0.1) is 0 Å². The van der Waals surface area contributed by atoms with E-state index in [4.69, 9.17) is 16.3 Å². The van der Waals surface area contributed by atoms with Gasteiger partial charge >= 0.3 is 0 Å². The molecule has 5 nitrogen and oxygen atoms in total. The van der Waals surface area contributed by atoms with Crippen LogP contribution < -0.4 is 15.4 Å². The van der Waals surface area contributed by atoms with Crippen LogP contribution in [0.5, 0.6) is 5.75 Å². The van der Waals surface area contributed by atoms with E-state index in [-0.39, 0.29) is 5.70 Å². The monoisotopic (exact) mass is 420 g/mol. The average molecular weight is 421 g/mol. The van der Waals surface area contributed by atoms with Crippen LogP contribution in [0.15, 0.2) is 78.5 Å². The van der Waals surface area contributed by atoms with Crippen LogP contribution in [-0.2, 0) is 4.79 Å². The third-order valence-corrected chi connectivity index (χ3v) is 4.70. The van der Waals surface area contributed by atoms with Crippen LogP contribution in [0.1, 0.15) is 21.5 Å². The molecule has 0 atom stereocenters. The summed E-state index contributed by atoms with van der Waals surface area (Å²) in [6.07, 6.45) is 1.55. The summed E-state index contributed by atoms with van der Waals surface area (Å²) in [5.41, 5.74) is 2.74. The topological polar surface area (TPSA) is 67.4 Å². The molecule has 0 bridgehead atoms. The maximum atomic E-state index is 12.9. The number of anilines is 1. The lowest BCUT2D eigenvalue weighted by Crippen LogP contribution is -2.30. The molecule has 0 spiro atoms. The van der Waals surface area contributed by atoms with Crippen LogP contribution >= 0.6 is 11.6 Å². The highest BCUT2D eigenvalue weighted by atomic mass is 35.5. The SMILES string of the molecule is COc1ccc(NC(=O)/C(=C\c2ccccc2Cl)NC(=O)c2ccc(C)cc2)cc1. The first-order valence-electron chi connectivity index (χ1n) is 9.26. The van der Waals surface area contributed by atoms with E-state index in [0.717, 1.165) is 5.56 Å². The Balaban J connectivity index is 1.88. The first-order chi connectivity index (χ1) is 14.5. The van der Waals surface area contributed by atoms with Crippen molar-refractivity contribution in [3.8, 4) is 5.75 Å². The molecule has 2 N–H and O–H groups in total. The van der Waals surface area contributed by atoms with E-state index in [9.17, 15) is 9.59 Å². The number of benzene rings is 3. The van der Waals surface area contributed by atoms with Gasteiger partial charge in [-0.05, 0) is 61.0 Å². The summed E-state index contributed by atoms with van der Waals surface area (Å²) < 4.78 is 5.13. The number of nitrogens with one attached hydrogen (secondary N) is 2. The summed E-state index contributed by atoms with van der Waals surface area (Å²) in [5, 5.41) is 5.95. The molecule has 3 aromatic carbocycles. The van der Waals surface area contributed by atoms with E-state index in [1.165, 1.54) is 0 Å². The second kappa shape index (κ2) is 9.76. The Hall–Kier alpha value is -3.57. The van der Waals surface area contributed by atoms with Crippen LogP contribution in [0.3, 0.4) is 0 Å². The van der Waals surface area contributed by atoms with E-state index in [1.807, 2.05) is 19.1 Å². The molecule has 152 valence electrons. The van der Waals surface area contributed by atoms with Gasteiger partial charge in [0.05, 0.1) is 7.11 Å².